The quantitative estimate of drug-likeness (QED) is 0.393. The summed E-state index contributed by atoms with van der Waals surface area (Å²) in [6.45, 7) is -0.780. The molecule has 0 aliphatic carbocycles. The first kappa shape index (κ1) is 14.2. The zero-order chi connectivity index (χ0) is 13.0. The highest BCUT2D eigenvalue weighted by atomic mass is 32.1. The molecule has 0 bridgehead atoms. The maximum Gasteiger partial charge on any atom is 0.203 e. The molecule has 4 atom stereocenters. The van der Waals surface area contributed by atoms with E-state index in [1.807, 2.05) is 0 Å². The molecule has 0 fully saturated rings. The molecule has 17 heavy (non-hydrogen) atoms. The molecule has 0 saturated carbocycles. The van der Waals surface area contributed by atoms with Crippen LogP contribution in [0.4, 0.5) is 0 Å². The van der Waals surface area contributed by atoms with Gasteiger partial charge < -0.3 is 25.5 Å². The molecule has 7 heteroatoms. The lowest BCUT2D eigenvalue weighted by molar-refractivity contribution is -0.105. The molecule has 1 heterocycles. The van der Waals surface area contributed by atoms with Crippen LogP contribution in [0.1, 0.15) is 9.67 Å². The van der Waals surface area contributed by atoms with E-state index in [1.54, 1.807) is 11.4 Å². The summed E-state index contributed by atoms with van der Waals surface area (Å²) in [6, 6.07) is 3.08. The number of hydrogen-bond donors (Lipinski definition) is 5. The number of aliphatic hydroxyl groups is 5. The van der Waals surface area contributed by atoms with Gasteiger partial charge in [-0.1, -0.05) is 6.07 Å². The summed E-state index contributed by atoms with van der Waals surface area (Å²) in [5.74, 6) is -0.739. The molecule has 5 N–H and O–H groups in total. The molecule has 1 rings (SSSR count). The lowest BCUT2D eigenvalue weighted by Crippen LogP contribution is -2.48. The second-order valence-electron chi connectivity index (χ2n) is 3.52. The van der Waals surface area contributed by atoms with Crippen LogP contribution in [0.5, 0.6) is 0 Å². The summed E-state index contributed by atoms with van der Waals surface area (Å²) >= 11 is 1.09. The van der Waals surface area contributed by atoms with Crippen LogP contribution in [0, 0.1) is 0 Å². The van der Waals surface area contributed by atoms with Crippen LogP contribution in [0.3, 0.4) is 0 Å². The van der Waals surface area contributed by atoms with Gasteiger partial charge in [-0.3, -0.25) is 4.79 Å². The molecule has 0 unspecified atom stereocenters. The zero-order valence-corrected chi connectivity index (χ0v) is 9.62. The summed E-state index contributed by atoms with van der Waals surface area (Å²) in [7, 11) is 0. The average Bonchev–Trinajstić information content (AvgIpc) is 2.87. The van der Waals surface area contributed by atoms with Crippen LogP contribution >= 0.6 is 11.3 Å². The van der Waals surface area contributed by atoms with E-state index in [2.05, 4.69) is 0 Å². The molecule has 0 aromatic carbocycles. The van der Waals surface area contributed by atoms with Gasteiger partial charge in [-0.05, 0) is 11.4 Å². The monoisotopic (exact) mass is 262 g/mol. The Morgan fingerprint density at radius 1 is 1.24 bits per heavy atom. The highest BCUT2D eigenvalue weighted by molar-refractivity contribution is 7.12. The maximum absolute atomic E-state index is 11.6. The van der Waals surface area contributed by atoms with Gasteiger partial charge in [0.25, 0.3) is 0 Å². The number of Topliss-reactive ketones (excluding diaryl/α,β-unsaturated/α-hetero) is 1. The fourth-order valence-corrected chi connectivity index (χ4v) is 1.94. The standard InChI is InChI=1S/C10H14O6S/c11-4-5(12)7(13)9(15)10(16)8(14)6-2-1-3-17-6/h1-3,5,7,9-13,15-16H,4H2/t5-,7-,9+,10+/m1/s1. The van der Waals surface area contributed by atoms with E-state index < -0.39 is 36.8 Å². The van der Waals surface area contributed by atoms with Crippen LogP contribution in [0.2, 0.25) is 0 Å². The predicted octanol–water partition coefficient (Wildman–Crippen LogP) is -1.63. The van der Waals surface area contributed by atoms with Crippen molar-refractivity contribution < 1.29 is 30.3 Å². The minimum Gasteiger partial charge on any atom is -0.394 e. The van der Waals surface area contributed by atoms with Gasteiger partial charge in [0.15, 0.2) is 0 Å². The smallest absolute Gasteiger partial charge is 0.203 e. The Morgan fingerprint density at radius 3 is 2.35 bits per heavy atom. The molecular formula is C10H14O6S. The molecule has 6 nitrogen and oxygen atoms in total. The molecule has 0 amide bonds. The Labute approximate surface area is 101 Å². The molecular weight excluding hydrogens is 248 g/mol. The van der Waals surface area contributed by atoms with Gasteiger partial charge >= 0.3 is 0 Å². The van der Waals surface area contributed by atoms with E-state index in [0.717, 1.165) is 11.3 Å². The normalized spacial score (nSPS) is 18.4. The third-order valence-corrected chi connectivity index (χ3v) is 3.17. The van der Waals surface area contributed by atoms with Crippen molar-refractivity contribution in [2.24, 2.45) is 0 Å². The third kappa shape index (κ3) is 3.32. The van der Waals surface area contributed by atoms with Crippen molar-refractivity contribution in [3.05, 3.63) is 22.4 Å². The Balaban J connectivity index is 2.69. The third-order valence-electron chi connectivity index (χ3n) is 2.29. The summed E-state index contributed by atoms with van der Waals surface area (Å²) in [6.07, 6.45) is -7.11. The predicted molar refractivity (Wildman–Crippen MR) is 59.8 cm³/mol. The molecule has 96 valence electrons. The molecule has 1 aromatic rings. The van der Waals surface area contributed by atoms with Crippen LogP contribution < -0.4 is 0 Å². The summed E-state index contributed by atoms with van der Waals surface area (Å²) in [4.78, 5) is 11.8. The van der Waals surface area contributed by atoms with E-state index in [1.165, 1.54) is 6.07 Å². The first-order valence-corrected chi connectivity index (χ1v) is 5.77. The van der Waals surface area contributed by atoms with Crippen LogP contribution in [0.25, 0.3) is 0 Å². The molecule has 0 radical (unpaired) electrons. The second kappa shape index (κ2) is 6.20. The average molecular weight is 262 g/mol. The lowest BCUT2D eigenvalue weighted by Gasteiger charge is -2.24. The van der Waals surface area contributed by atoms with Crippen molar-refractivity contribution in [1.29, 1.82) is 0 Å². The molecule has 0 aliphatic rings. The van der Waals surface area contributed by atoms with Crippen molar-refractivity contribution in [2.45, 2.75) is 24.4 Å². The van der Waals surface area contributed by atoms with E-state index in [-0.39, 0.29) is 4.88 Å². The van der Waals surface area contributed by atoms with Crippen molar-refractivity contribution in [1.82, 2.24) is 0 Å². The fraction of sp³-hybridized carbons (Fsp3) is 0.500. The second-order valence-corrected chi connectivity index (χ2v) is 4.47. The van der Waals surface area contributed by atoms with Crippen molar-refractivity contribution in [2.75, 3.05) is 6.61 Å². The topological polar surface area (TPSA) is 118 Å². The van der Waals surface area contributed by atoms with Crippen molar-refractivity contribution in [3.8, 4) is 0 Å². The largest absolute Gasteiger partial charge is 0.394 e. The Bertz CT molecular complexity index is 352. The molecule has 1 aromatic heterocycles. The molecule has 0 saturated heterocycles. The maximum atomic E-state index is 11.6. The fourth-order valence-electron chi connectivity index (χ4n) is 1.24. The van der Waals surface area contributed by atoms with Gasteiger partial charge in [-0.2, -0.15) is 0 Å². The van der Waals surface area contributed by atoms with Crippen molar-refractivity contribution in [3.63, 3.8) is 0 Å². The summed E-state index contributed by atoms with van der Waals surface area (Å²) < 4.78 is 0. The van der Waals surface area contributed by atoms with Crippen LogP contribution in [-0.4, -0.2) is 62.3 Å². The number of ketones is 1. The zero-order valence-electron chi connectivity index (χ0n) is 8.80. The number of aliphatic hydroxyl groups excluding tert-OH is 5. The van der Waals surface area contributed by atoms with Crippen LogP contribution in [-0.2, 0) is 0 Å². The van der Waals surface area contributed by atoms with Gasteiger partial charge in [-0.15, -0.1) is 11.3 Å². The van der Waals surface area contributed by atoms with E-state index in [9.17, 15) is 20.1 Å². The molecule has 0 spiro atoms. The van der Waals surface area contributed by atoms with Crippen molar-refractivity contribution >= 4 is 17.1 Å². The number of rotatable bonds is 6. The summed E-state index contributed by atoms with van der Waals surface area (Å²) in [5, 5.41) is 47.6. The van der Waals surface area contributed by atoms with Gasteiger partial charge in [0.2, 0.25) is 5.78 Å². The van der Waals surface area contributed by atoms with Gasteiger partial charge in [0, 0.05) is 0 Å². The first-order chi connectivity index (χ1) is 7.99. The van der Waals surface area contributed by atoms with E-state index in [0.29, 0.717) is 0 Å². The Morgan fingerprint density at radius 2 is 1.88 bits per heavy atom. The van der Waals surface area contributed by atoms with E-state index in [4.69, 9.17) is 10.2 Å². The number of hydrogen-bond acceptors (Lipinski definition) is 7. The van der Waals surface area contributed by atoms with Gasteiger partial charge in [0.1, 0.15) is 24.4 Å². The minimum absolute atomic E-state index is 0.238. The number of carbonyl (C=O) groups excluding carboxylic acids is 1. The van der Waals surface area contributed by atoms with E-state index >= 15 is 0 Å². The molecule has 0 aliphatic heterocycles. The SMILES string of the molecule is O=C(c1cccs1)[C@H](O)[C@@H](O)[C@H](O)[C@H](O)CO. The Hall–Kier alpha value is -0.830. The van der Waals surface area contributed by atoms with Gasteiger partial charge in [0.05, 0.1) is 11.5 Å². The highest BCUT2D eigenvalue weighted by Gasteiger charge is 2.34. The first-order valence-electron chi connectivity index (χ1n) is 4.90. The number of carbonyl (C=O) groups is 1. The van der Waals surface area contributed by atoms with Crippen LogP contribution in [0.15, 0.2) is 17.5 Å². The minimum atomic E-state index is -1.85. The lowest BCUT2D eigenvalue weighted by atomic mass is 10.00. The summed E-state index contributed by atoms with van der Waals surface area (Å²) in [5.41, 5.74) is 0. The Kier molecular flexibility index (Phi) is 5.19. The number of thiophene rings is 1. The highest BCUT2D eigenvalue weighted by Crippen LogP contribution is 2.15. The van der Waals surface area contributed by atoms with Gasteiger partial charge in [-0.25, -0.2) is 0 Å².